The third kappa shape index (κ3) is 3.48. The van der Waals surface area contributed by atoms with Crippen LogP contribution >= 0.6 is 0 Å². The molecule has 0 unspecified atom stereocenters. The minimum Gasteiger partial charge on any atom is -0.394 e. The summed E-state index contributed by atoms with van der Waals surface area (Å²) < 4.78 is 10.7. The zero-order valence-electron chi connectivity index (χ0n) is 12.1. The third-order valence-electron chi connectivity index (χ3n) is 4.31. The minimum atomic E-state index is -0.668. The molecule has 0 aromatic carbocycles. The highest BCUT2D eigenvalue weighted by molar-refractivity contribution is 4.98. The van der Waals surface area contributed by atoms with Crippen LogP contribution in [0.3, 0.4) is 0 Å². The number of hydrogen-bond donors (Lipinski definition) is 3. The van der Waals surface area contributed by atoms with Gasteiger partial charge in [-0.15, -0.1) is 0 Å². The predicted octanol–water partition coefficient (Wildman–Crippen LogP) is -2.30. The molecule has 0 aliphatic carbocycles. The number of nitrogens with two attached hydrogens (primary N) is 1. The first-order valence-corrected chi connectivity index (χ1v) is 7.31. The molecule has 0 radical (unpaired) electrons. The van der Waals surface area contributed by atoms with Crippen molar-refractivity contribution in [3.8, 4) is 0 Å². The van der Waals surface area contributed by atoms with Crippen LogP contribution in [0.4, 0.5) is 0 Å². The van der Waals surface area contributed by atoms with Crippen molar-refractivity contribution in [2.45, 2.75) is 24.4 Å². The Labute approximate surface area is 120 Å². The normalized spacial score (nSPS) is 36.6. The molecule has 118 valence electrons. The monoisotopic (exact) mass is 289 g/mol. The molecule has 2 saturated heterocycles. The number of nitrogens with zero attached hydrogens (tertiary/aromatic N) is 2. The minimum absolute atomic E-state index is 0.110. The van der Waals surface area contributed by atoms with Crippen LogP contribution in [0.2, 0.25) is 0 Å². The van der Waals surface area contributed by atoms with Gasteiger partial charge in [0.15, 0.2) is 0 Å². The Morgan fingerprint density at radius 1 is 1.25 bits per heavy atom. The molecule has 7 nitrogen and oxygen atoms in total. The fourth-order valence-electron chi connectivity index (χ4n) is 3.13. The molecule has 7 heteroatoms. The van der Waals surface area contributed by atoms with Gasteiger partial charge in [-0.1, -0.05) is 0 Å². The summed E-state index contributed by atoms with van der Waals surface area (Å²) in [4.78, 5) is 4.59. The van der Waals surface area contributed by atoms with Crippen LogP contribution in [0.5, 0.6) is 0 Å². The molecule has 0 spiro atoms. The number of aliphatic hydroxyl groups is 2. The van der Waals surface area contributed by atoms with Gasteiger partial charge in [0.05, 0.1) is 25.4 Å². The summed E-state index contributed by atoms with van der Waals surface area (Å²) in [5.41, 5.74) is 5.73. The highest BCUT2D eigenvalue weighted by Gasteiger charge is 2.46. The van der Waals surface area contributed by atoms with Crippen molar-refractivity contribution >= 4 is 0 Å². The molecule has 0 aromatic heterocycles. The zero-order chi connectivity index (χ0) is 14.5. The van der Waals surface area contributed by atoms with Crippen LogP contribution in [0, 0.1) is 0 Å². The number of ether oxygens (including phenoxy) is 2. The first-order chi connectivity index (χ1) is 9.71. The van der Waals surface area contributed by atoms with Gasteiger partial charge in [0.2, 0.25) is 0 Å². The van der Waals surface area contributed by atoms with Gasteiger partial charge in [0.25, 0.3) is 0 Å². The van der Waals surface area contributed by atoms with Crippen LogP contribution in [-0.4, -0.2) is 104 Å². The fraction of sp³-hybridized carbons (Fsp3) is 1.00. The first-order valence-electron chi connectivity index (χ1n) is 7.31. The first kappa shape index (κ1) is 16.1. The average molecular weight is 289 g/mol. The van der Waals surface area contributed by atoms with Crippen LogP contribution in [-0.2, 0) is 9.47 Å². The lowest BCUT2D eigenvalue weighted by atomic mass is 10.0. The van der Waals surface area contributed by atoms with Crippen molar-refractivity contribution in [2.24, 2.45) is 5.73 Å². The van der Waals surface area contributed by atoms with E-state index in [2.05, 4.69) is 9.80 Å². The molecule has 2 aliphatic heterocycles. The highest BCUT2D eigenvalue weighted by Crippen LogP contribution is 2.26. The number of rotatable bonds is 6. The summed E-state index contributed by atoms with van der Waals surface area (Å²) in [6.45, 7) is 5.54. The Hall–Kier alpha value is -0.280. The maximum atomic E-state index is 10.3. The SMILES string of the molecule is COCCN1CCN([C@H]2[C@@H](O)[C@@H](CO)O[C@H]2CN)CC1. The van der Waals surface area contributed by atoms with E-state index in [1.165, 1.54) is 0 Å². The zero-order valence-corrected chi connectivity index (χ0v) is 12.1. The molecule has 4 N–H and O–H groups in total. The number of methoxy groups -OCH3 is 1. The van der Waals surface area contributed by atoms with Crippen molar-refractivity contribution in [1.29, 1.82) is 0 Å². The molecule has 2 heterocycles. The third-order valence-corrected chi connectivity index (χ3v) is 4.31. The molecule has 0 aromatic rings. The van der Waals surface area contributed by atoms with Gasteiger partial charge in [0, 0.05) is 46.4 Å². The van der Waals surface area contributed by atoms with Gasteiger partial charge < -0.3 is 25.4 Å². The van der Waals surface area contributed by atoms with Gasteiger partial charge in [-0.05, 0) is 0 Å². The van der Waals surface area contributed by atoms with Crippen LogP contribution in [0.25, 0.3) is 0 Å². The van der Waals surface area contributed by atoms with Crippen LogP contribution in [0.15, 0.2) is 0 Å². The van der Waals surface area contributed by atoms with Crippen molar-refractivity contribution < 1.29 is 19.7 Å². The lowest BCUT2D eigenvalue weighted by Crippen LogP contribution is -2.57. The van der Waals surface area contributed by atoms with E-state index >= 15 is 0 Å². The Morgan fingerprint density at radius 2 is 1.95 bits per heavy atom. The Morgan fingerprint density at radius 3 is 2.50 bits per heavy atom. The Bertz CT molecular complexity index is 285. The van der Waals surface area contributed by atoms with E-state index in [9.17, 15) is 10.2 Å². The summed E-state index contributed by atoms with van der Waals surface area (Å²) in [6, 6.07) is -0.110. The van der Waals surface area contributed by atoms with Gasteiger partial charge in [-0.2, -0.15) is 0 Å². The molecular weight excluding hydrogens is 262 g/mol. The van der Waals surface area contributed by atoms with E-state index in [1.807, 2.05) is 0 Å². The second kappa shape index (κ2) is 7.65. The lowest BCUT2D eigenvalue weighted by Gasteiger charge is -2.40. The molecule has 2 fully saturated rings. The topological polar surface area (TPSA) is 91.4 Å². The number of hydrogen-bond acceptors (Lipinski definition) is 7. The Kier molecular flexibility index (Phi) is 6.16. The summed E-state index contributed by atoms with van der Waals surface area (Å²) in [6.07, 6.45) is -1.38. The van der Waals surface area contributed by atoms with E-state index in [0.29, 0.717) is 6.54 Å². The molecule has 2 rings (SSSR count). The summed E-state index contributed by atoms with van der Waals surface area (Å²) >= 11 is 0. The fourth-order valence-corrected chi connectivity index (χ4v) is 3.13. The maximum Gasteiger partial charge on any atom is 0.109 e. The van der Waals surface area contributed by atoms with E-state index in [4.69, 9.17) is 15.2 Å². The highest BCUT2D eigenvalue weighted by atomic mass is 16.5. The molecular formula is C13H27N3O4. The van der Waals surface area contributed by atoms with Crippen molar-refractivity contribution in [2.75, 3.05) is 59.6 Å². The Balaban J connectivity index is 1.88. The van der Waals surface area contributed by atoms with Gasteiger partial charge in [-0.3, -0.25) is 9.80 Å². The summed E-state index contributed by atoms with van der Waals surface area (Å²) in [5, 5.41) is 19.5. The molecule has 0 saturated carbocycles. The van der Waals surface area contributed by atoms with Crippen LogP contribution in [0.1, 0.15) is 0 Å². The van der Waals surface area contributed by atoms with Crippen LogP contribution < -0.4 is 5.73 Å². The quantitative estimate of drug-likeness (QED) is 0.506. The lowest BCUT2D eigenvalue weighted by molar-refractivity contribution is -0.0193. The second-order valence-electron chi connectivity index (χ2n) is 5.48. The standard InChI is InChI=1S/C13H27N3O4/c1-19-7-6-15-2-4-16(5-3-15)12-10(8-14)20-11(9-17)13(12)18/h10-13,17-18H,2-9,14H2,1H3/t10-,11+,12+,13-/m0/s1. The van der Waals surface area contributed by atoms with Crippen molar-refractivity contribution in [1.82, 2.24) is 9.80 Å². The summed E-state index contributed by atoms with van der Waals surface area (Å²) in [5.74, 6) is 0. The number of piperazine rings is 1. The summed E-state index contributed by atoms with van der Waals surface area (Å²) in [7, 11) is 1.71. The maximum absolute atomic E-state index is 10.3. The van der Waals surface area contributed by atoms with Crippen molar-refractivity contribution in [3.63, 3.8) is 0 Å². The van der Waals surface area contributed by atoms with E-state index in [-0.39, 0.29) is 18.8 Å². The second-order valence-corrected chi connectivity index (χ2v) is 5.48. The largest absolute Gasteiger partial charge is 0.394 e. The predicted molar refractivity (Wildman–Crippen MR) is 74.5 cm³/mol. The molecule has 2 aliphatic rings. The number of aliphatic hydroxyl groups excluding tert-OH is 2. The molecule has 0 bridgehead atoms. The van der Waals surface area contributed by atoms with Gasteiger partial charge >= 0.3 is 0 Å². The molecule has 20 heavy (non-hydrogen) atoms. The van der Waals surface area contributed by atoms with Gasteiger partial charge in [0.1, 0.15) is 12.2 Å². The van der Waals surface area contributed by atoms with E-state index < -0.39 is 12.2 Å². The smallest absolute Gasteiger partial charge is 0.109 e. The van der Waals surface area contributed by atoms with Crippen molar-refractivity contribution in [3.05, 3.63) is 0 Å². The molecule has 4 atom stereocenters. The molecule has 0 amide bonds. The van der Waals surface area contributed by atoms with E-state index in [0.717, 1.165) is 39.3 Å². The van der Waals surface area contributed by atoms with E-state index in [1.54, 1.807) is 7.11 Å². The average Bonchev–Trinajstić information content (AvgIpc) is 2.81. The van der Waals surface area contributed by atoms with Gasteiger partial charge in [-0.25, -0.2) is 0 Å².